The lowest BCUT2D eigenvalue weighted by Gasteiger charge is -2.26. The number of aromatic amines is 1. The number of nitrogens with zero attached hydrogens (tertiary/aromatic N) is 2. The number of thioether (sulfide) groups is 1. The number of rotatable bonds is 4. The summed E-state index contributed by atoms with van der Waals surface area (Å²) in [5.74, 6) is 0.811. The van der Waals surface area contributed by atoms with Crippen LogP contribution in [0.15, 0.2) is 29.6 Å². The smallest absolute Gasteiger partial charge is 0.259 e. The van der Waals surface area contributed by atoms with Crippen LogP contribution in [-0.4, -0.2) is 41.3 Å². The van der Waals surface area contributed by atoms with Crippen LogP contribution in [0, 0.1) is 6.92 Å². The van der Waals surface area contributed by atoms with Crippen LogP contribution in [0.3, 0.4) is 0 Å². The van der Waals surface area contributed by atoms with Crippen molar-refractivity contribution >= 4 is 34.4 Å². The SMILES string of the molecule is Cc1c[nH]c2nccc(N3C=C(C(=O)NCCN)SCC3)c12. The first kappa shape index (κ1) is 14.9. The van der Waals surface area contributed by atoms with Crippen LogP contribution in [-0.2, 0) is 4.79 Å². The Kier molecular flexibility index (Phi) is 4.35. The van der Waals surface area contributed by atoms with Crippen molar-refractivity contribution < 1.29 is 4.79 Å². The summed E-state index contributed by atoms with van der Waals surface area (Å²) in [6.45, 7) is 3.86. The number of hydrogen-bond acceptors (Lipinski definition) is 5. The molecule has 3 heterocycles. The van der Waals surface area contributed by atoms with E-state index in [1.165, 1.54) is 0 Å². The van der Waals surface area contributed by atoms with Gasteiger partial charge in [0.15, 0.2) is 0 Å². The van der Waals surface area contributed by atoms with Gasteiger partial charge in [0.05, 0.1) is 10.6 Å². The Morgan fingerprint density at radius 3 is 3.27 bits per heavy atom. The zero-order valence-corrected chi connectivity index (χ0v) is 13.2. The molecule has 7 heteroatoms. The molecule has 2 aromatic heterocycles. The minimum absolute atomic E-state index is 0.0590. The Morgan fingerprint density at radius 2 is 2.45 bits per heavy atom. The fourth-order valence-electron chi connectivity index (χ4n) is 2.52. The predicted molar refractivity (Wildman–Crippen MR) is 90.8 cm³/mol. The lowest BCUT2D eigenvalue weighted by atomic mass is 10.2. The average Bonchev–Trinajstić information content (AvgIpc) is 2.94. The Bertz CT molecular complexity index is 724. The summed E-state index contributed by atoms with van der Waals surface area (Å²) >= 11 is 1.57. The summed E-state index contributed by atoms with van der Waals surface area (Å²) in [6, 6.07) is 1.99. The molecule has 6 nitrogen and oxygen atoms in total. The Hall–Kier alpha value is -1.99. The number of aromatic nitrogens is 2. The lowest BCUT2D eigenvalue weighted by molar-refractivity contribution is -0.116. The van der Waals surface area contributed by atoms with Crippen LogP contribution in [0.5, 0.6) is 0 Å². The first-order valence-corrected chi connectivity index (χ1v) is 8.21. The number of amides is 1. The molecule has 0 bridgehead atoms. The second-order valence-corrected chi connectivity index (χ2v) is 6.24. The summed E-state index contributed by atoms with van der Waals surface area (Å²) in [5.41, 5.74) is 8.53. The summed E-state index contributed by atoms with van der Waals surface area (Å²) < 4.78 is 0. The minimum atomic E-state index is -0.0590. The number of H-pyrrole nitrogens is 1. The predicted octanol–water partition coefficient (Wildman–Crippen LogP) is 1.34. The number of carbonyl (C=O) groups is 1. The van der Waals surface area contributed by atoms with E-state index in [9.17, 15) is 4.79 Å². The number of aryl methyl sites for hydroxylation is 1. The highest BCUT2D eigenvalue weighted by molar-refractivity contribution is 8.04. The maximum atomic E-state index is 12.1. The van der Waals surface area contributed by atoms with Crippen LogP contribution in [0.4, 0.5) is 5.69 Å². The molecule has 3 rings (SSSR count). The topological polar surface area (TPSA) is 87.0 Å². The van der Waals surface area contributed by atoms with Crippen molar-refractivity contribution in [1.29, 1.82) is 0 Å². The molecule has 1 aliphatic heterocycles. The fourth-order valence-corrected chi connectivity index (χ4v) is 3.44. The first-order chi connectivity index (χ1) is 10.7. The van der Waals surface area contributed by atoms with Gasteiger partial charge in [0.2, 0.25) is 0 Å². The lowest BCUT2D eigenvalue weighted by Crippen LogP contribution is -2.33. The molecule has 0 unspecified atom stereocenters. The number of anilines is 1. The highest BCUT2D eigenvalue weighted by Gasteiger charge is 2.20. The van der Waals surface area contributed by atoms with E-state index >= 15 is 0 Å². The molecule has 0 saturated carbocycles. The van der Waals surface area contributed by atoms with Gasteiger partial charge in [-0.15, -0.1) is 11.8 Å². The van der Waals surface area contributed by atoms with Gasteiger partial charge in [-0.05, 0) is 18.6 Å². The van der Waals surface area contributed by atoms with E-state index in [-0.39, 0.29) is 5.91 Å². The largest absolute Gasteiger partial charge is 0.350 e. The third-order valence-corrected chi connectivity index (χ3v) is 4.56. The number of fused-ring (bicyclic) bond motifs is 1. The van der Waals surface area contributed by atoms with Crippen molar-refractivity contribution in [2.45, 2.75) is 6.92 Å². The Morgan fingerprint density at radius 1 is 1.59 bits per heavy atom. The molecular formula is C15H19N5OS. The molecule has 0 spiro atoms. The molecule has 116 valence electrons. The third-order valence-electron chi connectivity index (χ3n) is 3.57. The van der Waals surface area contributed by atoms with Crippen LogP contribution in [0.2, 0.25) is 0 Å². The standard InChI is InChI=1S/C15H19N5OS/c1-10-8-19-14-13(10)11(2-4-17-14)20-6-7-22-12(9-20)15(21)18-5-3-16/h2,4,8-9H,3,5-7,16H2,1H3,(H,17,19)(H,18,21). The first-order valence-electron chi connectivity index (χ1n) is 7.23. The molecule has 0 aliphatic carbocycles. The van der Waals surface area contributed by atoms with Crippen LogP contribution in [0.25, 0.3) is 11.0 Å². The monoisotopic (exact) mass is 317 g/mol. The maximum absolute atomic E-state index is 12.1. The molecule has 0 aromatic carbocycles. The van der Waals surface area contributed by atoms with Gasteiger partial charge in [0.1, 0.15) is 5.65 Å². The molecule has 0 fully saturated rings. The normalized spacial score (nSPS) is 15.0. The molecule has 0 radical (unpaired) electrons. The van der Waals surface area contributed by atoms with Gasteiger partial charge in [-0.2, -0.15) is 0 Å². The summed E-state index contributed by atoms with van der Waals surface area (Å²) in [5, 5.41) is 3.92. The van der Waals surface area contributed by atoms with E-state index in [0.717, 1.165) is 39.5 Å². The van der Waals surface area contributed by atoms with Gasteiger partial charge >= 0.3 is 0 Å². The van der Waals surface area contributed by atoms with Gasteiger partial charge in [-0.3, -0.25) is 4.79 Å². The molecule has 0 atom stereocenters. The van der Waals surface area contributed by atoms with Crippen LogP contribution >= 0.6 is 11.8 Å². The molecule has 2 aromatic rings. The molecule has 22 heavy (non-hydrogen) atoms. The quantitative estimate of drug-likeness (QED) is 0.792. The van der Waals surface area contributed by atoms with E-state index < -0.39 is 0 Å². The minimum Gasteiger partial charge on any atom is -0.350 e. The zero-order valence-electron chi connectivity index (χ0n) is 12.4. The molecule has 1 aliphatic rings. The number of nitrogens with two attached hydrogens (primary N) is 1. The van der Waals surface area contributed by atoms with Crippen molar-refractivity contribution in [1.82, 2.24) is 15.3 Å². The van der Waals surface area contributed by atoms with E-state index in [1.807, 2.05) is 18.5 Å². The molecule has 1 amide bonds. The van der Waals surface area contributed by atoms with Crippen molar-refractivity contribution in [2.24, 2.45) is 5.73 Å². The van der Waals surface area contributed by atoms with Crippen molar-refractivity contribution in [3.8, 4) is 0 Å². The highest BCUT2D eigenvalue weighted by atomic mass is 32.2. The van der Waals surface area contributed by atoms with Crippen LogP contribution in [0.1, 0.15) is 5.56 Å². The van der Waals surface area contributed by atoms with Gasteiger partial charge in [0, 0.05) is 49.4 Å². The van der Waals surface area contributed by atoms with Gasteiger partial charge in [0.25, 0.3) is 5.91 Å². The van der Waals surface area contributed by atoms with Crippen molar-refractivity contribution in [3.63, 3.8) is 0 Å². The second-order valence-electron chi connectivity index (χ2n) is 5.11. The Balaban J connectivity index is 1.93. The number of hydrogen-bond donors (Lipinski definition) is 3. The Labute approximate surface area is 133 Å². The summed E-state index contributed by atoms with van der Waals surface area (Å²) in [6.07, 6.45) is 5.66. The maximum Gasteiger partial charge on any atom is 0.259 e. The molecule has 4 N–H and O–H groups in total. The fraction of sp³-hybridized carbons (Fsp3) is 0.333. The van der Waals surface area contributed by atoms with E-state index in [1.54, 1.807) is 18.0 Å². The van der Waals surface area contributed by atoms with E-state index in [0.29, 0.717) is 13.1 Å². The zero-order chi connectivity index (χ0) is 15.5. The molecular weight excluding hydrogens is 298 g/mol. The second kappa shape index (κ2) is 6.41. The van der Waals surface area contributed by atoms with Gasteiger partial charge in [-0.1, -0.05) is 0 Å². The van der Waals surface area contributed by atoms with Crippen LogP contribution < -0.4 is 16.0 Å². The average molecular weight is 317 g/mol. The number of carbonyl (C=O) groups excluding carboxylic acids is 1. The van der Waals surface area contributed by atoms with Gasteiger partial charge < -0.3 is 20.9 Å². The molecule has 0 saturated heterocycles. The summed E-state index contributed by atoms with van der Waals surface area (Å²) in [7, 11) is 0. The highest BCUT2D eigenvalue weighted by Crippen LogP contribution is 2.32. The number of pyridine rings is 1. The van der Waals surface area contributed by atoms with Crippen molar-refractivity contribution in [2.75, 3.05) is 30.3 Å². The van der Waals surface area contributed by atoms with E-state index in [4.69, 9.17) is 5.73 Å². The van der Waals surface area contributed by atoms with E-state index in [2.05, 4.69) is 27.1 Å². The number of nitrogens with one attached hydrogen (secondary N) is 2. The van der Waals surface area contributed by atoms with Crippen molar-refractivity contribution in [3.05, 3.63) is 35.1 Å². The third kappa shape index (κ3) is 2.82. The summed E-state index contributed by atoms with van der Waals surface area (Å²) in [4.78, 5) is 22.5. The van der Waals surface area contributed by atoms with Gasteiger partial charge in [-0.25, -0.2) is 4.98 Å².